The van der Waals surface area contributed by atoms with Crippen LogP contribution in [0.1, 0.15) is 28.2 Å². The molecule has 0 radical (unpaired) electrons. The number of nitrogens with zero attached hydrogens (tertiary/aromatic N) is 3. The predicted octanol–water partition coefficient (Wildman–Crippen LogP) is 2.77. The minimum Gasteiger partial charge on any atom is -0.396 e. The Balaban J connectivity index is 2.02. The summed E-state index contributed by atoms with van der Waals surface area (Å²) in [7, 11) is 0. The van der Waals surface area contributed by atoms with Crippen LogP contribution in [0.4, 0.5) is 0 Å². The molecule has 0 fully saturated rings. The molecule has 3 heterocycles. The summed E-state index contributed by atoms with van der Waals surface area (Å²) in [6.07, 6.45) is 2.41. The van der Waals surface area contributed by atoms with Crippen molar-refractivity contribution in [2.24, 2.45) is 5.73 Å². The largest absolute Gasteiger partial charge is 0.396 e. The molecular weight excluding hydrogens is 336 g/mol. The molecule has 0 saturated carbocycles. The van der Waals surface area contributed by atoms with E-state index in [9.17, 15) is 4.79 Å². The Hall–Kier alpha value is -2.51. The lowest BCUT2D eigenvalue weighted by Gasteiger charge is -2.09. The summed E-state index contributed by atoms with van der Waals surface area (Å²) in [6, 6.07) is 5.73. The molecule has 0 aromatic carbocycles. The van der Waals surface area contributed by atoms with E-state index >= 15 is 0 Å². The number of primary amides is 1. The van der Waals surface area contributed by atoms with Gasteiger partial charge in [-0.3, -0.25) is 9.78 Å². The third-order valence-corrected chi connectivity index (χ3v) is 4.99. The van der Waals surface area contributed by atoms with Crippen LogP contribution in [0.25, 0.3) is 22.0 Å². The Morgan fingerprint density at radius 2 is 2.16 bits per heavy atom. The summed E-state index contributed by atoms with van der Waals surface area (Å²) in [4.78, 5) is 20.7. The molecule has 0 spiro atoms. The number of aromatic nitrogens is 3. The molecule has 3 aromatic rings. The molecule has 3 N–H and O–H groups in total. The number of aryl methyl sites for hydroxylation is 1. The number of aliphatic hydroxyl groups excluding tert-OH is 1. The van der Waals surface area contributed by atoms with Crippen molar-refractivity contribution < 1.29 is 9.90 Å². The summed E-state index contributed by atoms with van der Waals surface area (Å²) in [5.74, 6) is -0.459. The van der Waals surface area contributed by atoms with Crippen LogP contribution in [0.5, 0.6) is 0 Å². The van der Waals surface area contributed by atoms with Gasteiger partial charge in [0.15, 0.2) is 0 Å². The van der Waals surface area contributed by atoms with Crippen LogP contribution >= 0.6 is 11.3 Å². The van der Waals surface area contributed by atoms with Crippen molar-refractivity contribution in [2.75, 3.05) is 6.61 Å². The van der Waals surface area contributed by atoms with Crippen LogP contribution in [-0.2, 0) is 6.54 Å². The Labute approximate surface area is 150 Å². The van der Waals surface area contributed by atoms with Crippen LogP contribution in [0.3, 0.4) is 0 Å². The number of thiazole rings is 1. The second kappa shape index (κ2) is 7.16. The monoisotopic (exact) mass is 356 g/mol. The molecule has 0 atom stereocenters. The van der Waals surface area contributed by atoms with Crippen molar-refractivity contribution in [3.05, 3.63) is 46.7 Å². The third-order valence-electron chi connectivity index (χ3n) is 4.10. The van der Waals surface area contributed by atoms with Gasteiger partial charge in [0.25, 0.3) is 5.91 Å². The van der Waals surface area contributed by atoms with Crippen LogP contribution in [0, 0.1) is 13.8 Å². The van der Waals surface area contributed by atoms with Gasteiger partial charge in [-0.2, -0.15) is 0 Å². The number of carbonyl (C=O) groups excluding carboxylic acids is 1. The first-order chi connectivity index (χ1) is 12.0. The van der Waals surface area contributed by atoms with Gasteiger partial charge in [0.05, 0.1) is 17.0 Å². The van der Waals surface area contributed by atoms with Gasteiger partial charge in [-0.25, -0.2) is 4.98 Å². The molecule has 7 heteroatoms. The maximum absolute atomic E-state index is 11.7. The van der Waals surface area contributed by atoms with E-state index in [4.69, 9.17) is 15.8 Å². The van der Waals surface area contributed by atoms with E-state index in [2.05, 4.69) is 4.98 Å². The van der Waals surface area contributed by atoms with Crippen molar-refractivity contribution in [1.29, 1.82) is 0 Å². The van der Waals surface area contributed by atoms with E-state index in [1.807, 2.05) is 42.1 Å². The lowest BCUT2D eigenvalue weighted by atomic mass is 10.2. The summed E-state index contributed by atoms with van der Waals surface area (Å²) in [5, 5.41) is 12.0. The molecular formula is C18H20N4O2S. The summed E-state index contributed by atoms with van der Waals surface area (Å²) < 4.78 is 1.99. The van der Waals surface area contributed by atoms with Gasteiger partial charge in [0, 0.05) is 41.7 Å². The summed E-state index contributed by atoms with van der Waals surface area (Å²) >= 11 is 1.53. The van der Waals surface area contributed by atoms with Crippen LogP contribution < -0.4 is 5.73 Å². The van der Waals surface area contributed by atoms with Gasteiger partial charge in [-0.05, 0) is 38.5 Å². The Morgan fingerprint density at radius 3 is 2.80 bits per heavy atom. The molecule has 130 valence electrons. The minimum atomic E-state index is -0.459. The molecule has 0 aliphatic carbocycles. The molecule has 3 rings (SSSR count). The number of hydrogen-bond donors (Lipinski definition) is 2. The fourth-order valence-corrected chi connectivity index (χ4v) is 3.55. The summed E-state index contributed by atoms with van der Waals surface area (Å²) in [6.45, 7) is 4.49. The number of rotatable bonds is 6. The summed E-state index contributed by atoms with van der Waals surface area (Å²) in [5.41, 5.74) is 10.3. The number of aliphatic hydroxyl groups is 1. The number of amides is 1. The first-order valence-corrected chi connectivity index (χ1v) is 8.89. The second-order valence-electron chi connectivity index (χ2n) is 5.85. The fraction of sp³-hybridized carbons (Fsp3) is 0.278. The van der Waals surface area contributed by atoms with Gasteiger partial charge >= 0.3 is 0 Å². The Kier molecular flexibility index (Phi) is 4.96. The zero-order valence-corrected chi connectivity index (χ0v) is 15.0. The highest BCUT2D eigenvalue weighted by Crippen LogP contribution is 2.31. The topological polar surface area (TPSA) is 94.0 Å². The maximum atomic E-state index is 11.7. The zero-order chi connectivity index (χ0) is 18.0. The van der Waals surface area contributed by atoms with E-state index in [0.29, 0.717) is 18.5 Å². The molecule has 0 bridgehead atoms. The van der Waals surface area contributed by atoms with E-state index in [-0.39, 0.29) is 6.61 Å². The quantitative estimate of drug-likeness (QED) is 0.710. The van der Waals surface area contributed by atoms with Gasteiger partial charge in [-0.15, -0.1) is 11.3 Å². The normalized spacial score (nSPS) is 11.0. The Bertz CT molecular complexity index is 896. The molecule has 0 saturated heterocycles. The highest BCUT2D eigenvalue weighted by atomic mass is 32.1. The number of carbonyl (C=O) groups is 1. The average molecular weight is 356 g/mol. The average Bonchev–Trinajstić information content (AvgIpc) is 3.18. The van der Waals surface area contributed by atoms with E-state index in [1.54, 1.807) is 6.07 Å². The predicted molar refractivity (Wildman–Crippen MR) is 98.5 cm³/mol. The van der Waals surface area contributed by atoms with Crippen molar-refractivity contribution in [2.45, 2.75) is 26.8 Å². The first-order valence-electron chi connectivity index (χ1n) is 8.01. The number of pyridine rings is 1. The van der Waals surface area contributed by atoms with Crippen LogP contribution in [0.15, 0.2) is 29.8 Å². The standard InChI is InChI=1S/C18H20N4O2S/c1-11-4-5-13(9-20-11)18-21-15(10-25-18)16-8-14(17(19)24)12(2)22(16)6-3-7-23/h4-5,8-10,23H,3,6-7H2,1-2H3,(H2,19,24). The van der Waals surface area contributed by atoms with Gasteiger partial charge < -0.3 is 15.4 Å². The molecule has 3 aromatic heterocycles. The van der Waals surface area contributed by atoms with Gasteiger partial charge in [0.1, 0.15) is 5.01 Å². The minimum absolute atomic E-state index is 0.0836. The van der Waals surface area contributed by atoms with E-state index < -0.39 is 5.91 Å². The Morgan fingerprint density at radius 1 is 1.36 bits per heavy atom. The van der Waals surface area contributed by atoms with E-state index in [1.165, 1.54) is 11.3 Å². The molecule has 0 aliphatic rings. The SMILES string of the molecule is Cc1ccc(-c2nc(-c3cc(C(N)=O)c(C)n3CCCO)cs2)cn1. The highest BCUT2D eigenvalue weighted by Gasteiger charge is 2.18. The second-order valence-corrected chi connectivity index (χ2v) is 6.71. The number of nitrogens with two attached hydrogens (primary N) is 1. The smallest absolute Gasteiger partial charge is 0.250 e. The van der Waals surface area contributed by atoms with Crippen LogP contribution in [0.2, 0.25) is 0 Å². The van der Waals surface area contributed by atoms with E-state index in [0.717, 1.165) is 33.3 Å². The number of hydrogen-bond acceptors (Lipinski definition) is 5. The third kappa shape index (κ3) is 3.47. The van der Waals surface area contributed by atoms with Crippen molar-refractivity contribution >= 4 is 17.2 Å². The highest BCUT2D eigenvalue weighted by molar-refractivity contribution is 7.13. The molecule has 6 nitrogen and oxygen atoms in total. The molecule has 0 aliphatic heterocycles. The molecule has 0 unspecified atom stereocenters. The zero-order valence-electron chi connectivity index (χ0n) is 14.2. The van der Waals surface area contributed by atoms with Crippen molar-refractivity contribution in [3.8, 4) is 22.0 Å². The van der Waals surface area contributed by atoms with Crippen LogP contribution in [-0.4, -0.2) is 32.2 Å². The van der Waals surface area contributed by atoms with Gasteiger partial charge in [-0.1, -0.05) is 0 Å². The lowest BCUT2D eigenvalue weighted by molar-refractivity contribution is 0.0999. The maximum Gasteiger partial charge on any atom is 0.250 e. The van der Waals surface area contributed by atoms with Crippen molar-refractivity contribution in [3.63, 3.8) is 0 Å². The van der Waals surface area contributed by atoms with Crippen molar-refractivity contribution in [1.82, 2.24) is 14.5 Å². The first kappa shape index (κ1) is 17.3. The van der Waals surface area contributed by atoms with Gasteiger partial charge in [0.2, 0.25) is 0 Å². The molecule has 1 amide bonds. The fourth-order valence-electron chi connectivity index (χ4n) is 2.74. The lowest BCUT2D eigenvalue weighted by Crippen LogP contribution is -2.12. The molecule has 25 heavy (non-hydrogen) atoms.